The number of halogens is 3. The largest absolute Gasteiger partial charge is 0.484 e. The number of hydrogen-bond donors (Lipinski definition) is 1. The van der Waals surface area contributed by atoms with Gasteiger partial charge >= 0.3 is 6.18 Å². The van der Waals surface area contributed by atoms with Gasteiger partial charge in [0, 0.05) is 12.2 Å². The molecule has 0 radical (unpaired) electrons. The number of ether oxygens (including phenoxy) is 1. The van der Waals surface area contributed by atoms with Gasteiger partial charge in [0.15, 0.2) is 16.4 Å². The number of carbonyl (C=O) groups excluding carboxylic acids is 1. The summed E-state index contributed by atoms with van der Waals surface area (Å²) in [5.74, 6) is -0.327. The molecule has 1 saturated heterocycles. The van der Waals surface area contributed by atoms with Crippen LogP contribution in [-0.4, -0.2) is 55.4 Å². The van der Waals surface area contributed by atoms with Gasteiger partial charge in [0.1, 0.15) is 5.75 Å². The van der Waals surface area contributed by atoms with Crippen molar-refractivity contribution in [2.24, 2.45) is 5.41 Å². The standard InChI is InChI=1S/C21H28F3NO5S/c1-15(2)31(28,29)14-20(27)9-7-19(8-10-20)11-12-25(18(19)26)16-3-5-17(6-4-16)30-13-21(22,23)24/h3-6,15,27H,7-14H2,1-2H3/t19-,20+. The van der Waals surface area contributed by atoms with Crippen molar-refractivity contribution < 1.29 is 36.2 Å². The van der Waals surface area contributed by atoms with E-state index in [0.717, 1.165) is 0 Å². The Morgan fingerprint density at radius 3 is 2.19 bits per heavy atom. The number of anilines is 1. The van der Waals surface area contributed by atoms with Gasteiger partial charge in [0.05, 0.1) is 22.0 Å². The third-order valence-electron chi connectivity index (χ3n) is 6.39. The molecule has 3 rings (SSSR count). The van der Waals surface area contributed by atoms with Crippen LogP contribution in [0, 0.1) is 5.41 Å². The molecule has 1 N–H and O–H groups in total. The highest BCUT2D eigenvalue weighted by Crippen LogP contribution is 2.49. The van der Waals surface area contributed by atoms with Crippen LogP contribution in [0.2, 0.25) is 0 Å². The van der Waals surface area contributed by atoms with Gasteiger partial charge in [0.25, 0.3) is 0 Å². The third-order valence-corrected chi connectivity index (χ3v) is 8.77. The summed E-state index contributed by atoms with van der Waals surface area (Å²) in [6.07, 6.45) is -2.55. The zero-order valence-electron chi connectivity index (χ0n) is 17.6. The number of sulfone groups is 1. The third kappa shape index (κ3) is 5.34. The molecule has 2 fully saturated rings. The Morgan fingerprint density at radius 1 is 1.10 bits per heavy atom. The number of nitrogens with zero attached hydrogens (tertiary/aromatic N) is 1. The molecule has 174 valence electrons. The summed E-state index contributed by atoms with van der Waals surface area (Å²) in [4.78, 5) is 14.8. The Morgan fingerprint density at radius 2 is 1.68 bits per heavy atom. The number of aliphatic hydroxyl groups is 1. The monoisotopic (exact) mass is 463 g/mol. The highest BCUT2D eigenvalue weighted by Gasteiger charge is 2.52. The van der Waals surface area contributed by atoms with Crippen LogP contribution in [-0.2, 0) is 14.6 Å². The second-order valence-electron chi connectivity index (χ2n) is 8.97. The molecule has 1 aliphatic carbocycles. The number of carbonyl (C=O) groups is 1. The molecule has 0 unspecified atom stereocenters. The number of benzene rings is 1. The molecule has 1 heterocycles. The Kier molecular flexibility index (Phi) is 6.36. The Labute approximate surface area is 180 Å². The number of hydrogen-bond acceptors (Lipinski definition) is 5. The predicted octanol–water partition coefficient (Wildman–Crippen LogP) is 3.48. The fourth-order valence-electron chi connectivity index (χ4n) is 4.30. The lowest BCUT2D eigenvalue weighted by Gasteiger charge is -2.41. The molecule has 2 aliphatic rings. The first-order chi connectivity index (χ1) is 14.3. The molecule has 1 aliphatic heterocycles. The van der Waals surface area contributed by atoms with Crippen molar-refractivity contribution in [1.29, 1.82) is 0 Å². The summed E-state index contributed by atoms with van der Waals surface area (Å²) in [5.41, 5.74) is -1.39. The van der Waals surface area contributed by atoms with E-state index in [1.807, 2.05) is 0 Å². The van der Waals surface area contributed by atoms with Crippen LogP contribution in [0.15, 0.2) is 24.3 Å². The average Bonchev–Trinajstić information content (AvgIpc) is 2.99. The molecule has 1 amide bonds. The molecule has 0 bridgehead atoms. The van der Waals surface area contributed by atoms with Crippen LogP contribution in [0.1, 0.15) is 46.0 Å². The topological polar surface area (TPSA) is 83.9 Å². The second kappa shape index (κ2) is 8.27. The second-order valence-corrected chi connectivity index (χ2v) is 11.5. The maximum atomic E-state index is 13.2. The van der Waals surface area contributed by atoms with E-state index in [0.29, 0.717) is 31.5 Å². The van der Waals surface area contributed by atoms with E-state index in [4.69, 9.17) is 4.74 Å². The van der Waals surface area contributed by atoms with E-state index in [1.54, 1.807) is 30.9 Å². The maximum absolute atomic E-state index is 13.2. The maximum Gasteiger partial charge on any atom is 0.422 e. The van der Waals surface area contributed by atoms with E-state index in [1.165, 1.54) is 12.1 Å². The van der Waals surface area contributed by atoms with Crippen molar-refractivity contribution in [3.63, 3.8) is 0 Å². The Hall–Kier alpha value is -1.81. The van der Waals surface area contributed by atoms with Gasteiger partial charge in [-0.05, 0) is 70.2 Å². The van der Waals surface area contributed by atoms with Crippen LogP contribution in [0.25, 0.3) is 0 Å². The normalized spacial score (nSPS) is 27.3. The van der Waals surface area contributed by atoms with E-state index in [-0.39, 0.29) is 30.3 Å². The minimum absolute atomic E-state index is 0.0662. The van der Waals surface area contributed by atoms with Crippen molar-refractivity contribution in [1.82, 2.24) is 0 Å². The Bertz CT molecular complexity index is 904. The van der Waals surface area contributed by atoms with Gasteiger partial charge in [-0.2, -0.15) is 13.2 Å². The molecular weight excluding hydrogens is 435 g/mol. The number of alkyl halides is 3. The molecule has 0 aromatic heterocycles. The summed E-state index contributed by atoms with van der Waals surface area (Å²) in [6, 6.07) is 5.90. The first-order valence-corrected chi connectivity index (χ1v) is 12.0. The Balaban J connectivity index is 1.64. The molecule has 6 nitrogen and oxygen atoms in total. The molecular formula is C21H28F3NO5S. The minimum atomic E-state index is -4.42. The van der Waals surface area contributed by atoms with Gasteiger partial charge in [-0.15, -0.1) is 0 Å². The van der Waals surface area contributed by atoms with Crippen molar-refractivity contribution in [2.45, 2.75) is 63.0 Å². The highest BCUT2D eigenvalue weighted by atomic mass is 32.2. The van der Waals surface area contributed by atoms with Crippen LogP contribution >= 0.6 is 0 Å². The number of rotatable bonds is 6. The lowest BCUT2D eigenvalue weighted by molar-refractivity contribution is -0.153. The predicted molar refractivity (Wildman–Crippen MR) is 110 cm³/mol. The zero-order valence-corrected chi connectivity index (χ0v) is 18.4. The average molecular weight is 464 g/mol. The summed E-state index contributed by atoms with van der Waals surface area (Å²) < 4.78 is 66.0. The quantitative estimate of drug-likeness (QED) is 0.698. The molecule has 1 spiro atoms. The molecule has 10 heteroatoms. The van der Waals surface area contributed by atoms with Crippen LogP contribution in [0.5, 0.6) is 5.75 Å². The SMILES string of the molecule is CC(C)S(=O)(=O)C[C@]1(O)CC[C@]2(CCN(c3ccc(OCC(F)(F)F)cc3)C2=O)CC1. The van der Waals surface area contributed by atoms with Gasteiger partial charge in [0.2, 0.25) is 5.91 Å². The summed E-state index contributed by atoms with van der Waals surface area (Å²) in [5, 5.41) is 10.2. The van der Waals surface area contributed by atoms with Crippen LogP contribution in [0.3, 0.4) is 0 Å². The van der Waals surface area contributed by atoms with Crippen molar-refractivity contribution in [3.05, 3.63) is 24.3 Å². The fraction of sp³-hybridized carbons (Fsp3) is 0.667. The van der Waals surface area contributed by atoms with Gasteiger partial charge in [-0.3, -0.25) is 4.79 Å². The zero-order chi connectivity index (χ0) is 23.1. The smallest absolute Gasteiger partial charge is 0.422 e. The molecule has 1 saturated carbocycles. The molecule has 1 aromatic rings. The van der Waals surface area contributed by atoms with Crippen LogP contribution in [0.4, 0.5) is 18.9 Å². The summed E-state index contributed by atoms with van der Waals surface area (Å²) in [7, 11) is -3.40. The highest BCUT2D eigenvalue weighted by molar-refractivity contribution is 7.92. The first-order valence-electron chi connectivity index (χ1n) is 10.3. The number of amides is 1. The lowest BCUT2D eigenvalue weighted by atomic mass is 9.68. The lowest BCUT2D eigenvalue weighted by Crippen LogP contribution is -2.47. The van der Waals surface area contributed by atoms with E-state index in [9.17, 15) is 31.5 Å². The summed E-state index contributed by atoms with van der Waals surface area (Å²) >= 11 is 0. The van der Waals surface area contributed by atoms with Gasteiger partial charge in [-0.25, -0.2) is 8.42 Å². The van der Waals surface area contributed by atoms with E-state index in [2.05, 4.69) is 0 Å². The van der Waals surface area contributed by atoms with E-state index < -0.39 is 38.9 Å². The molecule has 0 atom stereocenters. The summed E-state index contributed by atoms with van der Waals surface area (Å²) in [6.45, 7) is 2.25. The molecule has 1 aromatic carbocycles. The van der Waals surface area contributed by atoms with Crippen LogP contribution < -0.4 is 9.64 Å². The van der Waals surface area contributed by atoms with Gasteiger partial charge < -0.3 is 14.7 Å². The minimum Gasteiger partial charge on any atom is -0.484 e. The van der Waals surface area contributed by atoms with E-state index >= 15 is 0 Å². The fourth-order valence-corrected chi connectivity index (χ4v) is 5.67. The van der Waals surface area contributed by atoms with Gasteiger partial charge in [-0.1, -0.05) is 0 Å². The van der Waals surface area contributed by atoms with Crippen molar-refractivity contribution >= 4 is 21.4 Å². The molecule has 31 heavy (non-hydrogen) atoms. The first kappa shape index (κ1) is 23.8. The van der Waals surface area contributed by atoms with Crippen molar-refractivity contribution in [2.75, 3.05) is 23.8 Å². The van der Waals surface area contributed by atoms with Crippen molar-refractivity contribution in [3.8, 4) is 5.75 Å².